The molecule has 0 atom stereocenters. The monoisotopic (exact) mass is 433 g/mol. The minimum Gasteiger partial charge on any atom is -0.358 e. The van der Waals surface area contributed by atoms with Crippen molar-refractivity contribution in [2.75, 3.05) is 0 Å². The van der Waals surface area contributed by atoms with E-state index >= 15 is 0 Å². The molecule has 3 aromatic rings. The summed E-state index contributed by atoms with van der Waals surface area (Å²) < 4.78 is 1.26. The topological polar surface area (TPSA) is 12.9 Å². The van der Waals surface area contributed by atoms with Crippen LogP contribution < -0.4 is 0 Å². The van der Waals surface area contributed by atoms with Gasteiger partial charge in [-0.1, -0.05) is 24.3 Å². The summed E-state index contributed by atoms with van der Waals surface area (Å²) in [6.45, 7) is 0. The van der Waals surface area contributed by atoms with Gasteiger partial charge in [0.15, 0.2) is 0 Å². The third-order valence-corrected chi connectivity index (χ3v) is 3.34. The zero-order chi connectivity index (χ0) is 10.1. The van der Waals surface area contributed by atoms with Gasteiger partial charge in [0, 0.05) is 11.9 Å². The van der Waals surface area contributed by atoms with Crippen LogP contribution in [0.2, 0.25) is 0 Å². The third-order valence-electron chi connectivity index (χ3n) is 2.24. The van der Waals surface area contributed by atoms with Gasteiger partial charge in [-0.2, -0.15) is 0 Å². The second-order valence-electron chi connectivity index (χ2n) is 3.27. The predicted molar refractivity (Wildman–Crippen MR) is 76.7 cm³/mol. The molecule has 3 heteroatoms. The zero-order valence-electron chi connectivity index (χ0n) is 10.3. The van der Waals surface area contributed by atoms with Crippen LogP contribution in [0, 0.1) is 20.9 Å². The van der Waals surface area contributed by atoms with Crippen LogP contribution in [-0.4, -0.2) is 4.98 Å². The van der Waals surface area contributed by atoms with E-state index in [4.69, 9.17) is 0 Å². The van der Waals surface area contributed by atoms with Crippen molar-refractivity contribution < 1.29 is 20.1 Å². The van der Waals surface area contributed by atoms with Crippen LogP contribution in [0.3, 0.4) is 0 Å². The molecule has 0 saturated heterocycles. The van der Waals surface area contributed by atoms with Crippen LogP contribution in [0.4, 0.5) is 0 Å². The van der Waals surface area contributed by atoms with Crippen LogP contribution in [0.1, 0.15) is 0 Å². The Morgan fingerprint density at radius 2 is 1.67 bits per heavy atom. The number of pyridine rings is 1. The molecule has 0 N–H and O–H groups in total. The molecule has 0 fully saturated rings. The summed E-state index contributed by atoms with van der Waals surface area (Å²) in [7, 11) is 0. The molecule has 0 radical (unpaired) electrons. The number of aromatic nitrogens is 1. The molecule has 0 saturated carbocycles. The van der Waals surface area contributed by atoms with Crippen LogP contribution in [0.15, 0.2) is 48.7 Å². The summed E-state index contributed by atoms with van der Waals surface area (Å²) in [6.07, 6.45) is 1.81. The van der Waals surface area contributed by atoms with Gasteiger partial charge in [-0.3, -0.25) is 0 Å². The minimum absolute atomic E-state index is 0. The Balaban J connectivity index is 0.000000963. The van der Waals surface area contributed by atoms with E-state index in [1.54, 1.807) is 11.3 Å². The number of fused-ring (bicyclic) bond motifs is 1. The molecule has 94 valence electrons. The van der Waals surface area contributed by atoms with Gasteiger partial charge in [-0.15, -0.1) is 23.6 Å². The minimum atomic E-state index is 0. The maximum absolute atomic E-state index is 4.32. The molecule has 1 nitrogen and oxygen atoms in total. The second kappa shape index (κ2) is 7.42. The molecule has 18 heavy (non-hydrogen) atoms. The fourth-order valence-corrected chi connectivity index (χ4v) is 2.51. The van der Waals surface area contributed by atoms with E-state index in [0.29, 0.717) is 0 Å². The molecule has 0 spiro atoms. The molecule has 0 amide bonds. The summed E-state index contributed by atoms with van der Waals surface area (Å²) >= 11 is 1.73. The number of hydrogen-bond acceptors (Lipinski definition) is 2. The van der Waals surface area contributed by atoms with E-state index in [2.05, 4.69) is 29.2 Å². The first-order valence-corrected chi connectivity index (χ1v) is 5.57. The number of hydrogen-bond donors (Lipinski definition) is 0. The largest absolute Gasteiger partial charge is 3.00 e. The van der Waals surface area contributed by atoms with Crippen molar-refractivity contribution in [3.8, 4) is 10.6 Å². The van der Waals surface area contributed by atoms with E-state index in [9.17, 15) is 0 Å². The maximum atomic E-state index is 4.32. The average molecular weight is 433 g/mol. The summed E-state index contributed by atoms with van der Waals surface area (Å²) in [4.78, 5) is 5.43. The number of nitrogens with zero attached hydrogens (tertiary/aromatic N) is 1. The SMILES string of the molecule is [CH3-].[CH3-].[Ir+3].[c-]1c(-c2ccccn2)sc2ccccc12. The fraction of sp³-hybridized carbons (Fsp3) is 0. The number of benzene rings is 1. The molecule has 0 aliphatic carbocycles. The molecule has 0 unspecified atom stereocenters. The summed E-state index contributed by atoms with van der Waals surface area (Å²) in [6, 6.07) is 17.6. The van der Waals surface area contributed by atoms with Crippen molar-refractivity contribution in [1.82, 2.24) is 4.98 Å². The fourth-order valence-electron chi connectivity index (χ4n) is 1.53. The third kappa shape index (κ3) is 3.26. The van der Waals surface area contributed by atoms with Gasteiger partial charge in [0.05, 0.1) is 0 Å². The van der Waals surface area contributed by atoms with Gasteiger partial charge in [-0.05, 0) is 15.6 Å². The van der Waals surface area contributed by atoms with Crippen molar-refractivity contribution >= 4 is 21.4 Å². The van der Waals surface area contributed by atoms with E-state index in [1.165, 1.54) is 10.1 Å². The Morgan fingerprint density at radius 1 is 0.944 bits per heavy atom. The normalized spacial score (nSPS) is 8.89. The Kier molecular flexibility index (Phi) is 7.00. The molecule has 2 heterocycles. The van der Waals surface area contributed by atoms with Gasteiger partial charge in [0.25, 0.3) is 0 Å². The Morgan fingerprint density at radius 3 is 2.33 bits per heavy atom. The molecule has 0 aliphatic heterocycles. The summed E-state index contributed by atoms with van der Waals surface area (Å²) in [5, 5.41) is 1.17. The van der Waals surface area contributed by atoms with Crippen molar-refractivity contribution in [3.05, 3.63) is 69.6 Å². The van der Waals surface area contributed by atoms with E-state index in [0.717, 1.165) is 10.6 Å². The van der Waals surface area contributed by atoms with E-state index in [-0.39, 0.29) is 35.0 Å². The van der Waals surface area contributed by atoms with Crippen molar-refractivity contribution in [1.29, 1.82) is 0 Å². The Hall–Kier alpha value is -1.02. The van der Waals surface area contributed by atoms with Gasteiger partial charge >= 0.3 is 20.1 Å². The second-order valence-corrected chi connectivity index (χ2v) is 4.32. The molecular formula is C15H14IrNS. The predicted octanol–water partition coefficient (Wildman–Crippen LogP) is 4.66. The molecule has 0 bridgehead atoms. The van der Waals surface area contributed by atoms with Crippen LogP contribution in [0.5, 0.6) is 0 Å². The first-order chi connectivity index (χ1) is 7.43. The standard InChI is InChI=1S/C13H8NS.2CH3.Ir/c1-2-7-12-10(5-1)9-13(15-12)11-6-3-4-8-14-11;;;/h1-8H;2*1H3;/q3*-1;+3. The number of rotatable bonds is 1. The molecule has 1 aromatic carbocycles. The van der Waals surface area contributed by atoms with Crippen LogP contribution >= 0.6 is 11.3 Å². The van der Waals surface area contributed by atoms with Gasteiger partial charge in [0.2, 0.25) is 0 Å². The van der Waals surface area contributed by atoms with Gasteiger partial charge in [0.1, 0.15) is 0 Å². The Bertz CT molecular complexity index is 557. The van der Waals surface area contributed by atoms with E-state index in [1.807, 2.05) is 30.5 Å². The molecule has 2 aromatic heterocycles. The van der Waals surface area contributed by atoms with Crippen molar-refractivity contribution in [2.24, 2.45) is 0 Å². The smallest absolute Gasteiger partial charge is 0.358 e. The molecule has 3 rings (SSSR count). The molecule has 0 aliphatic rings. The average Bonchev–Trinajstić information content (AvgIpc) is 2.74. The van der Waals surface area contributed by atoms with Crippen LogP contribution in [0.25, 0.3) is 20.7 Å². The zero-order valence-corrected chi connectivity index (χ0v) is 13.5. The van der Waals surface area contributed by atoms with E-state index < -0.39 is 0 Å². The summed E-state index contributed by atoms with van der Waals surface area (Å²) in [5.74, 6) is 0. The van der Waals surface area contributed by atoms with Crippen molar-refractivity contribution in [3.63, 3.8) is 0 Å². The number of thiophene rings is 1. The maximum Gasteiger partial charge on any atom is 3.00 e. The van der Waals surface area contributed by atoms with Crippen molar-refractivity contribution in [2.45, 2.75) is 0 Å². The quantitative estimate of drug-likeness (QED) is 0.510. The van der Waals surface area contributed by atoms with Gasteiger partial charge < -0.3 is 19.8 Å². The first kappa shape index (κ1) is 17.0. The summed E-state index contributed by atoms with van der Waals surface area (Å²) in [5.41, 5.74) is 0.999. The first-order valence-electron chi connectivity index (χ1n) is 4.76. The van der Waals surface area contributed by atoms with Gasteiger partial charge in [-0.25, -0.2) is 11.3 Å². The Labute approximate surface area is 126 Å². The molecular weight excluding hydrogens is 418 g/mol. The van der Waals surface area contributed by atoms with Crippen LogP contribution in [-0.2, 0) is 20.1 Å².